The number of esters is 1. The molecule has 0 aliphatic rings. The largest absolute Gasteiger partial charge is 0.463 e. The molecule has 0 amide bonds. The molecule has 0 unspecified atom stereocenters. The lowest BCUT2D eigenvalue weighted by Gasteiger charge is -2.27. The first-order valence-corrected chi connectivity index (χ1v) is 11.8. The molecule has 0 saturated carbocycles. The van der Waals surface area contributed by atoms with Gasteiger partial charge in [-0.1, -0.05) is 66.7 Å². The van der Waals surface area contributed by atoms with Crippen LogP contribution in [0.25, 0.3) is 0 Å². The van der Waals surface area contributed by atoms with Gasteiger partial charge in [0.05, 0.1) is 19.8 Å². The third kappa shape index (κ3) is 8.34. The number of hydrogen-bond acceptors (Lipinski definition) is 4. The maximum absolute atomic E-state index is 11.4. The van der Waals surface area contributed by atoms with Gasteiger partial charge >= 0.3 is 14.5 Å². The Morgan fingerprint density at radius 2 is 1.44 bits per heavy atom. The summed E-state index contributed by atoms with van der Waals surface area (Å²) >= 11 is 0. The smallest absolute Gasteiger partial charge is 0.335 e. The topological polar surface area (TPSA) is 44.8 Å². The lowest BCUT2D eigenvalue weighted by atomic mass is 10.2. The summed E-state index contributed by atoms with van der Waals surface area (Å²) < 4.78 is 17.7. The Hall–Kier alpha value is -2.21. The highest BCUT2D eigenvalue weighted by Crippen LogP contribution is 2.20. The summed E-state index contributed by atoms with van der Waals surface area (Å²) in [5.74, 6) is -0.309. The standard InChI is InChI=1S/C22H28O4Si/c1-3-11-22(23)24-16-10-17-27(2,25-18-20-12-6-4-7-13-20)26-19-21-14-8-5-9-15-21/h3-9,11-15H,10,16-19H2,1-2H3. The van der Waals surface area contributed by atoms with Crippen LogP contribution in [0, 0.1) is 0 Å². The molecule has 0 aromatic heterocycles. The highest BCUT2D eigenvalue weighted by Gasteiger charge is 2.31. The molecule has 2 aromatic carbocycles. The van der Waals surface area contributed by atoms with Crippen molar-refractivity contribution in [1.29, 1.82) is 0 Å². The van der Waals surface area contributed by atoms with Gasteiger partial charge in [-0.15, -0.1) is 0 Å². The quantitative estimate of drug-likeness (QED) is 0.237. The van der Waals surface area contributed by atoms with E-state index in [9.17, 15) is 4.79 Å². The summed E-state index contributed by atoms with van der Waals surface area (Å²) in [5.41, 5.74) is 2.25. The van der Waals surface area contributed by atoms with Crippen molar-refractivity contribution in [2.45, 2.75) is 39.1 Å². The Kier molecular flexibility index (Phi) is 8.98. The van der Waals surface area contributed by atoms with E-state index in [1.54, 1.807) is 13.0 Å². The van der Waals surface area contributed by atoms with Crippen molar-refractivity contribution >= 4 is 14.5 Å². The van der Waals surface area contributed by atoms with Gasteiger partial charge in [-0.2, -0.15) is 0 Å². The number of ether oxygens (including phenoxy) is 1. The van der Waals surface area contributed by atoms with Gasteiger partial charge in [0.15, 0.2) is 0 Å². The van der Waals surface area contributed by atoms with Crippen LogP contribution in [0.1, 0.15) is 24.5 Å². The lowest BCUT2D eigenvalue weighted by molar-refractivity contribution is -0.137. The van der Waals surface area contributed by atoms with Crippen molar-refractivity contribution in [3.05, 3.63) is 83.9 Å². The summed E-state index contributed by atoms with van der Waals surface area (Å²) in [6.45, 7) is 5.29. The zero-order valence-electron chi connectivity index (χ0n) is 16.1. The molecule has 0 heterocycles. The fraction of sp³-hybridized carbons (Fsp3) is 0.318. The van der Waals surface area contributed by atoms with E-state index in [-0.39, 0.29) is 5.97 Å². The van der Waals surface area contributed by atoms with Gasteiger partial charge in [-0.3, -0.25) is 0 Å². The highest BCUT2D eigenvalue weighted by atomic mass is 28.4. The second-order valence-corrected chi connectivity index (χ2v) is 9.80. The van der Waals surface area contributed by atoms with Crippen LogP contribution in [0.4, 0.5) is 0 Å². The molecular weight excluding hydrogens is 356 g/mol. The van der Waals surface area contributed by atoms with Crippen LogP contribution in [0.3, 0.4) is 0 Å². The van der Waals surface area contributed by atoms with Gasteiger partial charge in [0, 0.05) is 6.08 Å². The molecule has 4 nitrogen and oxygen atoms in total. The predicted octanol–water partition coefficient (Wildman–Crippen LogP) is 5.00. The molecular formula is C22H28O4Si. The van der Waals surface area contributed by atoms with E-state index in [1.165, 1.54) is 6.08 Å². The fourth-order valence-corrected chi connectivity index (χ4v) is 4.66. The summed E-state index contributed by atoms with van der Waals surface area (Å²) in [6.07, 6.45) is 3.82. The molecule has 5 heteroatoms. The molecule has 0 aliphatic heterocycles. The first-order chi connectivity index (χ1) is 13.1. The molecule has 0 saturated heterocycles. The zero-order chi connectivity index (χ0) is 19.4. The minimum Gasteiger partial charge on any atom is -0.463 e. The van der Waals surface area contributed by atoms with E-state index in [2.05, 4.69) is 6.55 Å². The molecule has 0 radical (unpaired) electrons. The van der Waals surface area contributed by atoms with Crippen LogP contribution in [-0.2, 0) is 31.6 Å². The van der Waals surface area contributed by atoms with Crippen molar-refractivity contribution in [1.82, 2.24) is 0 Å². The molecule has 0 N–H and O–H groups in total. The highest BCUT2D eigenvalue weighted by molar-refractivity contribution is 6.65. The Morgan fingerprint density at radius 1 is 0.926 bits per heavy atom. The molecule has 2 rings (SSSR count). The zero-order valence-corrected chi connectivity index (χ0v) is 17.1. The van der Waals surface area contributed by atoms with E-state index in [1.807, 2.05) is 60.7 Å². The van der Waals surface area contributed by atoms with Gasteiger partial charge in [0.1, 0.15) is 0 Å². The van der Waals surface area contributed by atoms with Crippen molar-refractivity contribution < 1.29 is 18.4 Å². The fourth-order valence-electron chi connectivity index (χ4n) is 2.56. The van der Waals surface area contributed by atoms with Crippen LogP contribution in [-0.4, -0.2) is 21.1 Å². The summed E-state index contributed by atoms with van der Waals surface area (Å²) in [7, 11) is -2.41. The van der Waals surface area contributed by atoms with Crippen LogP contribution in [0.2, 0.25) is 12.6 Å². The Morgan fingerprint density at radius 3 is 1.93 bits per heavy atom. The SMILES string of the molecule is CC=CC(=O)OCCC[Si](C)(OCc1ccccc1)OCc1ccccc1. The Labute approximate surface area is 163 Å². The van der Waals surface area contributed by atoms with E-state index in [0.29, 0.717) is 19.8 Å². The number of carbonyl (C=O) groups is 1. The molecule has 0 aliphatic carbocycles. The predicted molar refractivity (Wildman–Crippen MR) is 109 cm³/mol. The average molecular weight is 385 g/mol. The van der Waals surface area contributed by atoms with Gasteiger partial charge in [-0.25, -0.2) is 4.79 Å². The minimum absolute atomic E-state index is 0.309. The van der Waals surface area contributed by atoms with E-state index >= 15 is 0 Å². The van der Waals surface area contributed by atoms with Gasteiger partial charge < -0.3 is 13.6 Å². The Bertz CT molecular complexity index is 657. The first kappa shape index (κ1) is 21.1. The minimum atomic E-state index is -2.41. The van der Waals surface area contributed by atoms with Crippen molar-refractivity contribution in [2.24, 2.45) is 0 Å². The number of hydrogen-bond donors (Lipinski definition) is 0. The molecule has 144 valence electrons. The van der Waals surface area contributed by atoms with Gasteiger partial charge in [0.25, 0.3) is 0 Å². The number of benzene rings is 2. The van der Waals surface area contributed by atoms with Gasteiger partial charge in [-0.05, 0) is 37.1 Å². The molecule has 0 atom stereocenters. The van der Waals surface area contributed by atoms with Crippen molar-refractivity contribution in [2.75, 3.05) is 6.61 Å². The molecule has 2 aromatic rings. The molecule has 27 heavy (non-hydrogen) atoms. The normalized spacial score (nSPS) is 11.6. The van der Waals surface area contributed by atoms with E-state index < -0.39 is 8.56 Å². The third-order valence-electron chi connectivity index (χ3n) is 4.10. The van der Waals surface area contributed by atoms with E-state index in [0.717, 1.165) is 23.6 Å². The maximum Gasteiger partial charge on any atom is 0.335 e. The summed E-state index contributed by atoms with van der Waals surface area (Å²) in [5, 5.41) is 0. The third-order valence-corrected chi connectivity index (χ3v) is 6.87. The second kappa shape index (κ2) is 11.5. The second-order valence-electron chi connectivity index (χ2n) is 6.45. The first-order valence-electron chi connectivity index (χ1n) is 9.26. The van der Waals surface area contributed by atoms with Crippen LogP contribution < -0.4 is 0 Å². The van der Waals surface area contributed by atoms with E-state index in [4.69, 9.17) is 13.6 Å². The number of allylic oxidation sites excluding steroid dienone is 1. The van der Waals surface area contributed by atoms with Gasteiger partial charge in [0.2, 0.25) is 0 Å². The summed E-state index contributed by atoms with van der Waals surface area (Å²) in [6, 6.07) is 20.9. The van der Waals surface area contributed by atoms with Crippen molar-refractivity contribution in [3.63, 3.8) is 0 Å². The lowest BCUT2D eigenvalue weighted by Crippen LogP contribution is -2.38. The average Bonchev–Trinajstić information content (AvgIpc) is 2.70. The number of carbonyl (C=O) groups excluding carboxylic acids is 1. The molecule has 0 bridgehead atoms. The van der Waals surface area contributed by atoms with Crippen LogP contribution >= 0.6 is 0 Å². The summed E-state index contributed by atoms with van der Waals surface area (Å²) in [4.78, 5) is 11.4. The number of rotatable bonds is 11. The van der Waals surface area contributed by atoms with Crippen molar-refractivity contribution in [3.8, 4) is 0 Å². The molecule has 0 fully saturated rings. The van der Waals surface area contributed by atoms with Crippen LogP contribution in [0.15, 0.2) is 72.8 Å². The van der Waals surface area contributed by atoms with Crippen LogP contribution in [0.5, 0.6) is 0 Å². The Balaban J connectivity index is 1.90. The maximum atomic E-state index is 11.4. The monoisotopic (exact) mass is 384 g/mol. The molecule has 0 spiro atoms.